The van der Waals surface area contributed by atoms with Crippen molar-refractivity contribution >= 4 is 33.2 Å². The van der Waals surface area contributed by atoms with Crippen LogP contribution in [0, 0.1) is 23.7 Å². The third-order valence-corrected chi connectivity index (χ3v) is 13.4. The molecule has 234 valence electrons. The lowest BCUT2D eigenvalue weighted by atomic mass is 9.68. The quantitative estimate of drug-likeness (QED) is 0.366. The highest BCUT2D eigenvalue weighted by atomic mass is 35.5. The number of nitrogens with one attached hydrogen (secondary N) is 1. The summed E-state index contributed by atoms with van der Waals surface area (Å²) in [6.45, 7) is 7.61. The smallest absolute Gasteiger partial charge is 0.264 e. The molecule has 1 spiro atoms. The molecule has 0 radical (unpaired) electrons. The lowest BCUT2D eigenvalue weighted by Gasteiger charge is -2.45. The first-order valence-electron chi connectivity index (χ1n) is 16.0. The van der Waals surface area contributed by atoms with Crippen molar-refractivity contribution in [3.63, 3.8) is 0 Å². The molecular formula is C34H45ClN2O5S. The van der Waals surface area contributed by atoms with Crippen LogP contribution in [-0.4, -0.2) is 50.5 Å². The van der Waals surface area contributed by atoms with Crippen molar-refractivity contribution in [1.29, 1.82) is 0 Å². The van der Waals surface area contributed by atoms with Gasteiger partial charge in [0, 0.05) is 29.1 Å². The Balaban J connectivity index is 1.42. The number of aliphatic hydroxyl groups is 1. The summed E-state index contributed by atoms with van der Waals surface area (Å²) in [7, 11) is -3.91. The monoisotopic (exact) mass is 628 g/mol. The van der Waals surface area contributed by atoms with Crippen molar-refractivity contribution < 1.29 is 23.1 Å². The summed E-state index contributed by atoms with van der Waals surface area (Å²) < 4.78 is 35.6. The highest BCUT2D eigenvalue weighted by molar-refractivity contribution is 7.90. The minimum Gasteiger partial charge on any atom is -0.490 e. The molecule has 1 amide bonds. The molecule has 6 rings (SSSR count). The Morgan fingerprint density at radius 3 is 2.63 bits per heavy atom. The first kappa shape index (κ1) is 30.7. The van der Waals surface area contributed by atoms with E-state index in [0.29, 0.717) is 36.8 Å². The van der Waals surface area contributed by atoms with Gasteiger partial charge < -0.3 is 14.7 Å². The van der Waals surface area contributed by atoms with E-state index in [1.165, 1.54) is 11.1 Å². The van der Waals surface area contributed by atoms with E-state index >= 15 is 0 Å². The van der Waals surface area contributed by atoms with Crippen LogP contribution >= 0.6 is 11.6 Å². The van der Waals surface area contributed by atoms with Crippen molar-refractivity contribution in [2.75, 3.05) is 24.6 Å². The minimum absolute atomic E-state index is 0.0834. The van der Waals surface area contributed by atoms with Gasteiger partial charge in [0.1, 0.15) is 5.75 Å². The van der Waals surface area contributed by atoms with Gasteiger partial charge in [-0.05, 0) is 117 Å². The Morgan fingerprint density at radius 1 is 1.05 bits per heavy atom. The van der Waals surface area contributed by atoms with Crippen molar-refractivity contribution in [2.45, 2.75) is 88.9 Å². The molecule has 9 heteroatoms. The average Bonchev–Trinajstić information content (AvgIpc) is 3.23. The normalized spacial score (nSPS) is 34.4. The van der Waals surface area contributed by atoms with Crippen LogP contribution in [0.4, 0.5) is 5.69 Å². The van der Waals surface area contributed by atoms with Gasteiger partial charge in [-0.25, -0.2) is 13.1 Å². The molecule has 2 N–H and O–H groups in total. The second kappa shape index (κ2) is 11.9. The highest BCUT2D eigenvalue weighted by Crippen LogP contribution is 2.46. The Kier molecular flexibility index (Phi) is 8.50. The average molecular weight is 629 g/mol. The van der Waals surface area contributed by atoms with Gasteiger partial charge in [0.15, 0.2) is 0 Å². The van der Waals surface area contributed by atoms with Crippen LogP contribution in [0.1, 0.15) is 87.2 Å². The number of carbonyl (C=O) groups is 1. The summed E-state index contributed by atoms with van der Waals surface area (Å²) in [6.07, 6.45) is 7.13. The maximum absolute atomic E-state index is 13.4. The zero-order valence-electron chi connectivity index (χ0n) is 25.5. The molecule has 2 aromatic carbocycles. The number of benzene rings is 2. The van der Waals surface area contributed by atoms with Crippen LogP contribution in [0.3, 0.4) is 0 Å². The number of carbonyl (C=O) groups excluding carboxylic acids is 1. The zero-order chi connectivity index (χ0) is 30.5. The standard InChI is InChI=1S/C34H45ClN2O5S/c1-21-7-13-31(38)28-11-8-26(28)18-37-19-34(15-5-4-6-24-16-27(35)10-12-29(24)34)20-42-32-14-9-25(17-30(32)37)33(39)36-43(40,41)23(3)22(21)2/h9-10,12,14,16-17,21-23,26,28,31,38H,4-8,11,13,15,18-20H2,1-3H3,(H,36,39)/t21-,22-,23+,26-,28+,31-,34-/m0/s1. The van der Waals surface area contributed by atoms with Gasteiger partial charge >= 0.3 is 0 Å². The number of anilines is 1. The fraction of sp³-hybridized carbons (Fsp3) is 0.618. The number of aliphatic hydroxyl groups excluding tert-OH is 1. The van der Waals surface area contributed by atoms with Crippen molar-refractivity contribution in [2.24, 2.45) is 23.7 Å². The summed E-state index contributed by atoms with van der Waals surface area (Å²) in [5, 5.41) is 11.3. The fourth-order valence-electron chi connectivity index (χ4n) is 7.96. The maximum Gasteiger partial charge on any atom is 0.264 e. The number of halogens is 1. The van der Waals surface area contributed by atoms with Gasteiger partial charge in [-0.15, -0.1) is 0 Å². The lowest BCUT2D eigenvalue weighted by Crippen LogP contribution is -2.49. The summed E-state index contributed by atoms with van der Waals surface area (Å²) in [6, 6.07) is 11.5. The molecule has 43 heavy (non-hydrogen) atoms. The van der Waals surface area contributed by atoms with Gasteiger partial charge in [0.2, 0.25) is 10.0 Å². The summed E-state index contributed by atoms with van der Waals surface area (Å²) in [4.78, 5) is 15.8. The first-order chi connectivity index (χ1) is 20.5. The largest absolute Gasteiger partial charge is 0.490 e. The molecule has 2 aromatic rings. The third kappa shape index (κ3) is 5.91. The molecule has 2 heterocycles. The van der Waals surface area contributed by atoms with Crippen molar-refractivity contribution in [3.05, 3.63) is 58.1 Å². The van der Waals surface area contributed by atoms with Crippen LogP contribution in [0.2, 0.25) is 5.02 Å². The predicted octanol–water partition coefficient (Wildman–Crippen LogP) is 6.10. The van der Waals surface area contributed by atoms with Gasteiger partial charge in [0.05, 0.1) is 23.6 Å². The molecule has 1 fully saturated rings. The molecular weight excluding hydrogens is 584 g/mol. The second-order valence-electron chi connectivity index (χ2n) is 13.8. The molecule has 0 aromatic heterocycles. The highest BCUT2D eigenvalue weighted by Gasteiger charge is 2.44. The van der Waals surface area contributed by atoms with Crippen LogP contribution in [-0.2, 0) is 21.9 Å². The van der Waals surface area contributed by atoms with E-state index in [9.17, 15) is 18.3 Å². The Labute approximate surface area is 261 Å². The van der Waals surface area contributed by atoms with E-state index in [2.05, 4.69) is 21.8 Å². The van der Waals surface area contributed by atoms with E-state index in [1.807, 2.05) is 26.0 Å². The molecule has 7 nitrogen and oxygen atoms in total. The molecule has 0 unspecified atom stereocenters. The Hall–Kier alpha value is -2.29. The number of hydrogen-bond acceptors (Lipinski definition) is 6. The number of sulfonamides is 1. The van der Waals surface area contributed by atoms with Gasteiger partial charge in [0.25, 0.3) is 5.91 Å². The van der Waals surface area contributed by atoms with Crippen LogP contribution in [0.5, 0.6) is 5.75 Å². The molecule has 2 aliphatic heterocycles. The van der Waals surface area contributed by atoms with E-state index in [-0.39, 0.29) is 23.2 Å². The van der Waals surface area contributed by atoms with Crippen LogP contribution in [0.15, 0.2) is 36.4 Å². The number of fused-ring (bicyclic) bond motifs is 4. The van der Waals surface area contributed by atoms with Gasteiger partial charge in [-0.2, -0.15) is 0 Å². The number of rotatable bonds is 0. The predicted molar refractivity (Wildman–Crippen MR) is 170 cm³/mol. The van der Waals surface area contributed by atoms with Crippen molar-refractivity contribution in [3.8, 4) is 5.75 Å². The van der Waals surface area contributed by atoms with Gasteiger partial charge in [-0.1, -0.05) is 37.9 Å². The van der Waals surface area contributed by atoms with Gasteiger partial charge in [-0.3, -0.25) is 4.79 Å². The Bertz CT molecular complexity index is 1480. The SMILES string of the molecule is C[C@@H]1[C@@H](C)S(=O)(=O)NC(=O)c2ccc3c(c2)N(C[C@@H]2CC[C@H]2[C@@H](O)CC[C@@H]1C)C[C@@]1(CCCCc2cc(Cl)ccc21)CO3. The molecule has 2 aliphatic carbocycles. The lowest BCUT2D eigenvalue weighted by molar-refractivity contribution is 0.00602. The number of nitrogens with zero attached hydrogens (tertiary/aromatic N) is 1. The summed E-state index contributed by atoms with van der Waals surface area (Å²) in [5.74, 6) is 0.515. The molecule has 2 bridgehead atoms. The topological polar surface area (TPSA) is 95.9 Å². The van der Waals surface area contributed by atoms with Crippen LogP contribution in [0.25, 0.3) is 0 Å². The molecule has 7 atom stereocenters. The zero-order valence-corrected chi connectivity index (χ0v) is 27.1. The third-order valence-electron chi connectivity index (χ3n) is 11.3. The van der Waals surface area contributed by atoms with E-state index < -0.39 is 27.3 Å². The molecule has 4 aliphatic rings. The fourth-order valence-corrected chi connectivity index (χ4v) is 9.56. The number of aryl methyl sites for hydroxylation is 1. The van der Waals surface area contributed by atoms with E-state index in [0.717, 1.165) is 62.2 Å². The Morgan fingerprint density at radius 2 is 1.86 bits per heavy atom. The molecule has 0 saturated heterocycles. The number of hydrogen-bond donors (Lipinski definition) is 2. The number of ether oxygens (including phenoxy) is 1. The molecule has 1 saturated carbocycles. The summed E-state index contributed by atoms with van der Waals surface area (Å²) in [5.41, 5.74) is 3.39. The summed E-state index contributed by atoms with van der Waals surface area (Å²) >= 11 is 6.45. The second-order valence-corrected chi connectivity index (χ2v) is 16.3. The van der Waals surface area contributed by atoms with E-state index in [4.69, 9.17) is 16.3 Å². The number of amides is 1. The van der Waals surface area contributed by atoms with Crippen LogP contribution < -0.4 is 14.4 Å². The van der Waals surface area contributed by atoms with E-state index in [1.54, 1.807) is 19.1 Å². The minimum atomic E-state index is -3.91. The maximum atomic E-state index is 13.4. The van der Waals surface area contributed by atoms with Crippen molar-refractivity contribution in [1.82, 2.24) is 4.72 Å². The first-order valence-corrected chi connectivity index (χ1v) is 17.9.